The van der Waals surface area contributed by atoms with E-state index >= 15 is 0 Å². The van der Waals surface area contributed by atoms with Crippen molar-refractivity contribution >= 4 is 11.9 Å². The molecule has 5 N–H and O–H groups in total. The van der Waals surface area contributed by atoms with Crippen LogP contribution in [0.1, 0.15) is 12.8 Å². The summed E-state index contributed by atoms with van der Waals surface area (Å²) in [5, 5.41) is 20.5. The number of carboxylic acids is 1. The molecule has 1 amide bonds. The summed E-state index contributed by atoms with van der Waals surface area (Å²) in [6.45, 7) is 0.0176. The SMILES string of the molecule is NC(=O)C(O)CNC1CCC1C(=O)O. The Morgan fingerprint density at radius 1 is 1.50 bits per heavy atom. The third-order valence-electron chi connectivity index (χ3n) is 2.49. The van der Waals surface area contributed by atoms with Gasteiger partial charge in [0.15, 0.2) is 0 Å². The number of primary amides is 1. The number of carboxylic acid groups (broad SMARTS) is 1. The lowest BCUT2D eigenvalue weighted by Crippen LogP contribution is -2.51. The van der Waals surface area contributed by atoms with Crippen LogP contribution in [-0.4, -0.2) is 40.8 Å². The first-order valence-electron chi connectivity index (χ1n) is 4.46. The van der Waals surface area contributed by atoms with Crippen molar-refractivity contribution in [1.29, 1.82) is 0 Å². The second-order valence-corrected chi connectivity index (χ2v) is 3.45. The molecule has 14 heavy (non-hydrogen) atoms. The maximum atomic E-state index is 10.6. The first-order valence-corrected chi connectivity index (χ1v) is 4.46. The highest BCUT2D eigenvalue weighted by Crippen LogP contribution is 2.27. The number of hydrogen-bond acceptors (Lipinski definition) is 4. The molecule has 3 atom stereocenters. The summed E-state index contributed by atoms with van der Waals surface area (Å²) >= 11 is 0. The number of rotatable bonds is 5. The molecular weight excluding hydrogens is 188 g/mol. The normalized spacial score (nSPS) is 27.8. The molecular formula is C8H14N2O4. The quantitative estimate of drug-likeness (QED) is 0.424. The maximum Gasteiger partial charge on any atom is 0.308 e. The van der Waals surface area contributed by atoms with Crippen molar-refractivity contribution in [2.24, 2.45) is 11.7 Å². The monoisotopic (exact) mass is 202 g/mol. The molecule has 6 heteroatoms. The molecule has 0 bridgehead atoms. The Hall–Kier alpha value is -1.14. The van der Waals surface area contributed by atoms with Crippen molar-refractivity contribution in [2.75, 3.05) is 6.54 Å². The Kier molecular flexibility index (Phi) is 3.43. The van der Waals surface area contributed by atoms with Gasteiger partial charge in [-0.25, -0.2) is 0 Å². The fourth-order valence-corrected chi connectivity index (χ4v) is 1.40. The number of hydrogen-bond donors (Lipinski definition) is 4. The Bertz CT molecular complexity index is 243. The predicted octanol–water partition coefficient (Wildman–Crippen LogP) is -1.71. The Labute approximate surface area is 81.1 Å². The molecule has 0 spiro atoms. The van der Waals surface area contributed by atoms with E-state index in [4.69, 9.17) is 15.9 Å². The lowest BCUT2D eigenvalue weighted by Gasteiger charge is -2.34. The van der Waals surface area contributed by atoms with E-state index in [-0.39, 0.29) is 12.6 Å². The van der Waals surface area contributed by atoms with E-state index in [2.05, 4.69) is 5.32 Å². The highest BCUT2D eigenvalue weighted by molar-refractivity contribution is 5.78. The van der Waals surface area contributed by atoms with Gasteiger partial charge in [0.05, 0.1) is 5.92 Å². The van der Waals surface area contributed by atoms with Crippen LogP contribution in [0, 0.1) is 5.92 Å². The minimum atomic E-state index is -1.25. The minimum Gasteiger partial charge on any atom is -0.481 e. The minimum absolute atomic E-state index is 0.0176. The van der Waals surface area contributed by atoms with Gasteiger partial charge in [0, 0.05) is 12.6 Å². The van der Waals surface area contributed by atoms with E-state index in [1.807, 2.05) is 0 Å². The maximum absolute atomic E-state index is 10.6. The third kappa shape index (κ3) is 2.43. The van der Waals surface area contributed by atoms with Crippen LogP contribution in [0.25, 0.3) is 0 Å². The molecule has 1 rings (SSSR count). The highest BCUT2D eigenvalue weighted by atomic mass is 16.4. The second kappa shape index (κ2) is 4.39. The zero-order valence-corrected chi connectivity index (χ0v) is 7.64. The zero-order chi connectivity index (χ0) is 10.7. The van der Waals surface area contributed by atoms with Gasteiger partial charge in [-0.3, -0.25) is 9.59 Å². The molecule has 0 heterocycles. The molecule has 6 nitrogen and oxygen atoms in total. The third-order valence-corrected chi connectivity index (χ3v) is 2.49. The van der Waals surface area contributed by atoms with Crippen molar-refractivity contribution in [3.05, 3.63) is 0 Å². The van der Waals surface area contributed by atoms with Crippen molar-refractivity contribution in [3.63, 3.8) is 0 Å². The van der Waals surface area contributed by atoms with Crippen molar-refractivity contribution < 1.29 is 19.8 Å². The summed E-state index contributed by atoms with van der Waals surface area (Å²) in [6.07, 6.45) is 0.146. The zero-order valence-electron chi connectivity index (χ0n) is 7.64. The molecule has 1 saturated carbocycles. The van der Waals surface area contributed by atoms with Crippen molar-refractivity contribution in [2.45, 2.75) is 25.0 Å². The van der Waals surface area contributed by atoms with E-state index < -0.39 is 23.9 Å². The second-order valence-electron chi connectivity index (χ2n) is 3.45. The van der Waals surface area contributed by atoms with Gasteiger partial charge in [-0.15, -0.1) is 0 Å². The summed E-state index contributed by atoms with van der Waals surface area (Å²) in [7, 11) is 0. The Morgan fingerprint density at radius 3 is 2.50 bits per heavy atom. The molecule has 0 aliphatic heterocycles. The fourth-order valence-electron chi connectivity index (χ4n) is 1.40. The van der Waals surface area contributed by atoms with Gasteiger partial charge < -0.3 is 21.3 Å². The molecule has 1 aliphatic rings. The van der Waals surface area contributed by atoms with Crippen LogP contribution in [0.3, 0.4) is 0 Å². The van der Waals surface area contributed by atoms with Gasteiger partial charge in [0.2, 0.25) is 5.91 Å². The summed E-state index contributed by atoms with van der Waals surface area (Å²) < 4.78 is 0. The first-order chi connectivity index (χ1) is 6.52. The number of aliphatic hydroxyl groups excluding tert-OH is 1. The fraction of sp³-hybridized carbons (Fsp3) is 0.750. The number of carbonyl (C=O) groups excluding carboxylic acids is 1. The molecule has 3 unspecified atom stereocenters. The molecule has 1 aliphatic carbocycles. The lowest BCUT2D eigenvalue weighted by molar-refractivity contribution is -0.146. The van der Waals surface area contributed by atoms with E-state index in [9.17, 15) is 9.59 Å². The van der Waals surface area contributed by atoms with Crippen molar-refractivity contribution in [1.82, 2.24) is 5.32 Å². The van der Waals surface area contributed by atoms with Crippen LogP contribution >= 0.6 is 0 Å². The van der Waals surface area contributed by atoms with Gasteiger partial charge in [0.1, 0.15) is 6.10 Å². The molecule has 0 aromatic heterocycles. The smallest absolute Gasteiger partial charge is 0.308 e. The van der Waals surface area contributed by atoms with E-state index in [1.165, 1.54) is 0 Å². The van der Waals surface area contributed by atoms with Crippen LogP contribution < -0.4 is 11.1 Å². The summed E-state index contributed by atoms with van der Waals surface area (Å²) in [6, 6.07) is -0.151. The highest BCUT2D eigenvalue weighted by Gasteiger charge is 2.36. The molecule has 0 aromatic carbocycles. The number of nitrogens with two attached hydrogens (primary N) is 1. The molecule has 0 aromatic rings. The van der Waals surface area contributed by atoms with E-state index in [0.29, 0.717) is 6.42 Å². The number of aliphatic hydroxyl groups is 1. The van der Waals surface area contributed by atoms with Crippen LogP contribution in [0.4, 0.5) is 0 Å². The first kappa shape index (κ1) is 10.9. The molecule has 0 saturated heterocycles. The van der Waals surface area contributed by atoms with Gasteiger partial charge in [0.25, 0.3) is 0 Å². The largest absolute Gasteiger partial charge is 0.481 e. The molecule has 1 fully saturated rings. The summed E-state index contributed by atoms with van der Waals surface area (Å²) in [4.78, 5) is 21.0. The number of nitrogens with one attached hydrogen (secondary N) is 1. The Morgan fingerprint density at radius 2 is 2.14 bits per heavy atom. The summed E-state index contributed by atoms with van der Waals surface area (Å²) in [5.74, 6) is -2.05. The summed E-state index contributed by atoms with van der Waals surface area (Å²) in [5.41, 5.74) is 4.83. The average Bonchev–Trinajstić information content (AvgIpc) is 2.00. The van der Waals surface area contributed by atoms with Crippen LogP contribution in [0.15, 0.2) is 0 Å². The standard InChI is InChI=1S/C8H14N2O4/c9-7(12)6(11)3-10-5-2-1-4(5)8(13)14/h4-6,10-11H,1-3H2,(H2,9,12)(H,13,14). The molecule has 0 radical (unpaired) electrons. The van der Waals surface area contributed by atoms with Gasteiger partial charge in [-0.1, -0.05) is 0 Å². The number of aliphatic carboxylic acids is 1. The average molecular weight is 202 g/mol. The van der Waals surface area contributed by atoms with E-state index in [1.54, 1.807) is 0 Å². The Balaban J connectivity index is 2.26. The van der Waals surface area contributed by atoms with Crippen LogP contribution in [0.5, 0.6) is 0 Å². The van der Waals surface area contributed by atoms with Gasteiger partial charge >= 0.3 is 5.97 Å². The van der Waals surface area contributed by atoms with Gasteiger partial charge in [-0.05, 0) is 12.8 Å². The van der Waals surface area contributed by atoms with Crippen molar-refractivity contribution in [3.8, 4) is 0 Å². The number of amides is 1. The topological polar surface area (TPSA) is 113 Å². The lowest BCUT2D eigenvalue weighted by atomic mass is 9.79. The molecule has 80 valence electrons. The van der Waals surface area contributed by atoms with E-state index in [0.717, 1.165) is 6.42 Å². The number of carbonyl (C=O) groups is 2. The van der Waals surface area contributed by atoms with Crippen LogP contribution in [0.2, 0.25) is 0 Å². The predicted molar refractivity (Wildman–Crippen MR) is 47.4 cm³/mol. The van der Waals surface area contributed by atoms with Crippen LogP contribution in [-0.2, 0) is 9.59 Å². The van der Waals surface area contributed by atoms with Gasteiger partial charge in [-0.2, -0.15) is 0 Å².